The zero-order chi connectivity index (χ0) is 23.3. The van der Waals surface area contributed by atoms with Crippen LogP contribution in [0.4, 0.5) is 0 Å². The van der Waals surface area contributed by atoms with Crippen molar-refractivity contribution in [2.75, 3.05) is 0 Å². The predicted octanol–water partition coefficient (Wildman–Crippen LogP) is 8.18. The quantitative estimate of drug-likeness (QED) is 0.508. The number of ether oxygens (including phenoxy) is 2. The molecule has 2 heteroatoms. The van der Waals surface area contributed by atoms with Gasteiger partial charge in [-0.2, -0.15) is 0 Å². The molecule has 166 valence electrons. The zero-order valence-electron chi connectivity index (χ0n) is 21.8. The number of hydrogen-bond acceptors (Lipinski definition) is 2. The molecule has 2 aromatic carbocycles. The molecule has 0 unspecified atom stereocenters. The lowest BCUT2D eigenvalue weighted by atomic mass is 9.83. The minimum atomic E-state index is -0.290. The first kappa shape index (κ1) is 24.3. The lowest BCUT2D eigenvalue weighted by molar-refractivity contribution is 0.127. The minimum Gasteiger partial charge on any atom is -0.487 e. The van der Waals surface area contributed by atoms with E-state index in [4.69, 9.17) is 9.47 Å². The summed E-state index contributed by atoms with van der Waals surface area (Å²) >= 11 is 0. The van der Waals surface area contributed by atoms with Gasteiger partial charge in [0.05, 0.1) is 0 Å². The van der Waals surface area contributed by atoms with Crippen LogP contribution in [0.15, 0.2) is 0 Å². The van der Waals surface area contributed by atoms with Crippen molar-refractivity contribution >= 4 is 0 Å². The lowest BCUT2D eigenvalue weighted by Gasteiger charge is -2.32. The van der Waals surface area contributed by atoms with Crippen LogP contribution in [-0.4, -0.2) is 11.2 Å². The third kappa shape index (κ3) is 4.53. The third-order valence-corrected chi connectivity index (χ3v) is 6.33. The van der Waals surface area contributed by atoms with E-state index >= 15 is 0 Å². The summed E-state index contributed by atoms with van der Waals surface area (Å²) in [7, 11) is 0. The highest BCUT2D eigenvalue weighted by atomic mass is 16.5. The van der Waals surface area contributed by atoms with Crippen LogP contribution in [0.25, 0.3) is 11.1 Å². The summed E-state index contributed by atoms with van der Waals surface area (Å²) in [5.74, 6) is 1.96. The summed E-state index contributed by atoms with van der Waals surface area (Å²) < 4.78 is 13.3. The minimum absolute atomic E-state index is 0.290. The summed E-state index contributed by atoms with van der Waals surface area (Å²) in [4.78, 5) is 0. The van der Waals surface area contributed by atoms with Crippen molar-refractivity contribution in [1.29, 1.82) is 0 Å². The normalized spacial score (nSPS) is 12.3. The second-order valence-corrected chi connectivity index (χ2v) is 10.8. The highest BCUT2D eigenvalue weighted by Crippen LogP contribution is 2.49. The van der Waals surface area contributed by atoms with Crippen molar-refractivity contribution in [3.8, 4) is 22.6 Å². The molecule has 0 amide bonds. The van der Waals surface area contributed by atoms with Crippen molar-refractivity contribution in [3.63, 3.8) is 0 Å². The van der Waals surface area contributed by atoms with E-state index in [2.05, 4.69) is 96.9 Å². The highest BCUT2D eigenvalue weighted by molar-refractivity contribution is 5.86. The average molecular weight is 411 g/mol. The van der Waals surface area contributed by atoms with E-state index < -0.39 is 0 Å². The first-order valence-electron chi connectivity index (χ1n) is 11.1. The van der Waals surface area contributed by atoms with E-state index in [0.717, 1.165) is 11.5 Å². The fraction of sp³-hybridized carbons (Fsp3) is 0.571. The van der Waals surface area contributed by atoms with Gasteiger partial charge in [0.15, 0.2) is 0 Å². The lowest BCUT2D eigenvalue weighted by Crippen LogP contribution is -2.26. The Hall–Kier alpha value is -1.96. The molecule has 2 rings (SSSR count). The van der Waals surface area contributed by atoms with Crippen LogP contribution < -0.4 is 9.47 Å². The van der Waals surface area contributed by atoms with Crippen LogP contribution in [0.5, 0.6) is 11.5 Å². The summed E-state index contributed by atoms with van der Waals surface area (Å²) in [6.45, 7) is 30.3. The van der Waals surface area contributed by atoms with Gasteiger partial charge >= 0.3 is 0 Å². The van der Waals surface area contributed by atoms with Gasteiger partial charge in [-0.1, -0.05) is 0 Å². The van der Waals surface area contributed by atoms with Crippen molar-refractivity contribution in [2.24, 2.45) is 0 Å². The van der Waals surface area contributed by atoms with E-state index in [0.29, 0.717) is 0 Å². The highest BCUT2D eigenvalue weighted by Gasteiger charge is 2.29. The molecule has 0 bridgehead atoms. The van der Waals surface area contributed by atoms with E-state index in [1.54, 1.807) is 0 Å². The Morgan fingerprint density at radius 1 is 0.367 bits per heavy atom. The fourth-order valence-electron chi connectivity index (χ4n) is 4.03. The molecule has 0 saturated carbocycles. The Bertz CT molecular complexity index is 899. The second kappa shape index (κ2) is 7.94. The van der Waals surface area contributed by atoms with Crippen molar-refractivity contribution < 1.29 is 9.47 Å². The van der Waals surface area contributed by atoms with Gasteiger partial charge < -0.3 is 9.47 Å². The van der Waals surface area contributed by atoms with Gasteiger partial charge in [-0.25, -0.2) is 0 Å². The number of benzene rings is 2. The van der Waals surface area contributed by atoms with E-state index in [9.17, 15) is 0 Å². The molecular weight excluding hydrogens is 368 g/mol. The summed E-state index contributed by atoms with van der Waals surface area (Å²) in [5, 5.41) is 0. The van der Waals surface area contributed by atoms with Crippen LogP contribution >= 0.6 is 0 Å². The van der Waals surface area contributed by atoms with Gasteiger partial charge in [-0.3, -0.25) is 0 Å². The maximum atomic E-state index is 6.63. The monoisotopic (exact) mass is 410 g/mol. The Kier molecular flexibility index (Phi) is 6.44. The Labute approximate surface area is 185 Å². The molecule has 0 aromatic heterocycles. The molecule has 0 saturated heterocycles. The van der Waals surface area contributed by atoms with Crippen molar-refractivity contribution in [2.45, 2.75) is 108 Å². The molecule has 0 aliphatic rings. The molecule has 0 radical (unpaired) electrons. The molecule has 2 aromatic rings. The molecule has 0 fully saturated rings. The van der Waals surface area contributed by atoms with Gasteiger partial charge in [0.1, 0.15) is 22.7 Å². The standard InChI is InChI=1S/C28H42O2/c1-15-17(3)21(7)25(29-27(9,10)11)23(19(15)5)24-20(6)16(2)18(4)22(8)26(24)30-28(12,13)14/h1-14H3. The maximum Gasteiger partial charge on any atom is 0.131 e. The molecule has 2 nitrogen and oxygen atoms in total. The van der Waals surface area contributed by atoms with Gasteiger partial charge in [0.2, 0.25) is 0 Å². The molecule has 0 heterocycles. The maximum absolute atomic E-state index is 6.63. The van der Waals surface area contributed by atoms with E-state index in [1.807, 2.05) is 0 Å². The van der Waals surface area contributed by atoms with Crippen LogP contribution in [0.3, 0.4) is 0 Å². The van der Waals surface area contributed by atoms with Gasteiger partial charge in [0, 0.05) is 11.1 Å². The number of rotatable bonds is 3. The van der Waals surface area contributed by atoms with Crippen LogP contribution in [-0.2, 0) is 0 Å². The van der Waals surface area contributed by atoms with E-state index in [1.165, 1.54) is 55.6 Å². The predicted molar refractivity (Wildman–Crippen MR) is 131 cm³/mol. The summed E-state index contributed by atoms with van der Waals surface area (Å²) in [5.41, 5.74) is 12.0. The third-order valence-electron chi connectivity index (χ3n) is 6.33. The summed E-state index contributed by atoms with van der Waals surface area (Å²) in [6.07, 6.45) is 0. The van der Waals surface area contributed by atoms with Crippen LogP contribution in [0.2, 0.25) is 0 Å². The first-order chi connectivity index (χ1) is 13.5. The Balaban J connectivity index is 3.11. The molecule has 30 heavy (non-hydrogen) atoms. The van der Waals surface area contributed by atoms with Crippen molar-refractivity contribution in [1.82, 2.24) is 0 Å². The Morgan fingerprint density at radius 2 is 0.600 bits per heavy atom. The molecule has 0 atom stereocenters. The smallest absolute Gasteiger partial charge is 0.131 e. The first-order valence-corrected chi connectivity index (χ1v) is 11.1. The van der Waals surface area contributed by atoms with Crippen LogP contribution in [0, 0.1) is 55.4 Å². The largest absolute Gasteiger partial charge is 0.487 e. The van der Waals surface area contributed by atoms with Crippen molar-refractivity contribution in [3.05, 3.63) is 44.5 Å². The topological polar surface area (TPSA) is 18.5 Å². The van der Waals surface area contributed by atoms with Gasteiger partial charge in [0.25, 0.3) is 0 Å². The molecule has 0 aliphatic heterocycles. The average Bonchev–Trinajstić information content (AvgIpc) is 2.60. The van der Waals surface area contributed by atoms with E-state index in [-0.39, 0.29) is 11.2 Å². The molecular formula is C28H42O2. The van der Waals surface area contributed by atoms with Crippen LogP contribution in [0.1, 0.15) is 86.1 Å². The molecule has 0 N–H and O–H groups in total. The molecule has 0 aliphatic carbocycles. The van der Waals surface area contributed by atoms with Gasteiger partial charge in [-0.05, 0) is 141 Å². The SMILES string of the molecule is Cc1c(C)c(C)c(-c2c(C)c(C)c(C)c(C)c2OC(C)(C)C)c(OC(C)(C)C)c1C. The molecule has 0 spiro atoms. The zero-order valence-corrected chi connectivity index (χ0v) is 21.8. The second-order valence-electron chi connectivity index (χ2n) is 10.8. The Morgan fingerprint density at radius 3 is 0.833 bits per heavy atom. The van der Waals surface area contributed by atoms with Gasteiger partial charge in [-0.15, -0.1) is 0 Å². The number of hydrogen-bond donors (Lipinski definition) is 0. The summed E-state index contributed by atoms with van der Waals surface area (Å²) in [6, 6.07) is 0. The fourth-order valence-corrected chi connectivity index (χ4v) is 4.03.